The van der Waals surface area contributed by atoms with Gasteiger partial charge in [0.2, 0.25) is 5.91 Å². The van der Waals surface area contributed by atoms with Crippen LogP contribution in [0.1, 0.15) is 12.0 Å². The van der Waals surface area contributed by atoms with Crippen LogP contribution < -0.4 is 4.90 Å². The Bertz CT molecular complexity index is 525. The van der Waals surface area contributed by atoms with Crippen LogP contribution in [0.4, 0.5) is 18.9 Å². The fraction of sp³-hybridized carbons (Fsp3) is 0.385. The molecule has 1 fully saturated rings. The number of hydrogen-bond donors (Lipinski definition) is 0. The Balaban J connectivity index is 2.16. The molecule has 7 heteroatoms. The molecule has 20 heavy (non-hydrogen) atoms. The molecule has 0 aromatic heterocycles. The Hall–Kier alpha value is -2.05. The Labute approximate surface area is 113 Å². The second-order valence-electron chi connectivity index (χ2n) is 4.47. The van der Waals surface area contributed by atoms with Crippen molar-refractivity contribution in [1.82, 2.24) is 0 Å². The van der Waals surface area contributed by atoms with E-state index in [1.807, 2.05) is 0 Å². The number of methoxy groups -OCH3 is 1. The zero-order valence-electron chi connectivity index (χ0n) is 10.6. The molecule has 0 saturated carbocycles. The van der Waals surface area contributed by atoms with Crippen LogP contribution in [-0.2, 0) is 20.5 Å². The zero-order chi connectivity index (χ0) is 14.9. The van der Waals surface area contributed by atoms with Gasteiger partial charge in [-0.3, -0.25) is 9.59 Å². The summed E-state index contributed by atoms with van der Waals surface area (Å²) in [5.74, 6) is -1.37. The lowest BCUT2D eigenvalue weighted by molar-refractivity contribution is -0.145. The first-order valence-corrected chi connectivity index (χ1v) is 5.88. The van der Waals surface area contributed by atoms with E-state index in [2.05, 4.69) is 4.74 Å². The first-order chi connectivity index (χ1) is 9.32. The van der Waals surface area contributed by atoms with Gasteiger partial charge in [0.25, 0.3) is 0 Å². The minimum absolute atomic E-state index is 0.00763. The molecule has 1 heterocycles. The lowest BCUT2D eigenvalue weighted by Gasteiger charge is -2.17. The van der Waals surface area contributed by atoms with Crippen molar-refractivity contribution in [1.29, 1.82) is 0 Å². The molecule has 1 aromatic carbocycles. The second kappa shape index (κ2) is 5.15. The third-order valence-electron chi connectivity index (χ3n) is 3.17. The standard InChI is InChI=1S/C13H12F3NO3/c1-20-12(19)8-6-11(18)17(7-8)10-4-2-9(3-5-10)13(14,15)16/h2-5,8H,6-7H2,1H3. The van der Waals surface area contributed by atoms with Crippen molar-refractivity contribution >= 4 is 17.6 Å². The van der Waals surface area contributed by atoms with E-state index >= 15 is 0 Å². The van der Waals surface area contributed by atoms with Crippen LogP contribution in [-0.4, -0.2) is 25.5 Å². The largest absolute Gasteiger partial charge is 0.469 e. The monoisotopic (exact) mass is 287 g/mol. The van der Waals surface area contributed by atoms with Crippen LogP contribution in [0.5, 0.6) is 0 Å². The van der Waals surface area contributed by atoms with Crippen LogP contribution in [0.2, 0.25) is 0 Å². The predicted octanol–water partition coefficient (Wildman–Crippen LogP) is 2.23. The summed E-state index contributed by atoms with van der Waals surface area (Å²) < 4.78 is 41.9. The molecule has 4 nitrogen and oxygen atoms in total. The molecule has 1 aliphatic rings. The maximum absolute atomic E-state index is 12.4. The van der Waals surface area contributed by atoms with Gasteiger partial charge in [-0.15, -0.1) is 0 Å². The van der Waals surface area contributed by atoms with E-state index in [1.165, 1.54) is 24.1 Å². The van der Waals surface area contributed by atoms with Gasteiger partial charge in [-0.25, -0.2) is 0 Å². The first kappa shape index (κ1) is 14.4. The molecule has 0 aliphatic carbocycles. The summed E-state index contributed by atoms with van der Waals surface area (Å²) in [4.78, 5) is 24.4. The molecule has 1 saturated heterocycles. The van der Waals surface area contributed by atoms with E-state index in [1.54, 1.807) is 0 Å². The highest BCUT2D eigenvalue weighted by atomic mass is 19.4. The number of carbonyl (C=O) groups is 2. The Morgan fingerprint density at radius 1 is 1.30 bits per heavy atom. The molecule has 2 rings (SSSR count). The molecule has 1 atom stereocenters. The normalized spacial score (nSPS) is 19.3. The smallest absolute Gasteiger partial charge is 0.416 e. The van der Waals surface area contributed by atoms with Crippen molar-refractivity contribution < 1.29 is 27.5 Å². The first-order valence-electron chi connectivity index (χ1n) is 5.88. The highest BCUT2D eigenvalue weighted by Gasteiger charge is 2.36. The van der Waals surface area contributed by atoms with Crippen LogP contribution in [0, 0.1) is 5.92 Å². The summed E-state index contributed by atoms with van der Waals surface area (Å²) in [5.41, 5.74) is -0.438. The fourth-order valence-electron chi connectivity index (χ4n) is 2.11. The second-order valence-corrected chi connectivity index (χ2v) is 4.47. The van der Waals surface area contributed by atoms with Crippen LogP contribution >= 0.6 is 0 Å². The quantitative estimate of drug-likeness (QED) is 0.784. The molecule has 0 bridgehead atoms. The summed E-state index contributed by atoms with van der Waals surface area (Å²) >= 11 is 0. The number of halogens is 3. The van der Waals surface area contributed by atoms with Crippen molar-refractivity contribution in [2.24, 2.45) is 5.92 Å². The number of rotatable bonds is 2. The van der Waals surface area contributed by atoms with Gasteiger partial charge in [-0.1, -0.05) is 0 Å². The number of nitrogens with zero attached hydrogens (tertiary/aromatic N) is 1. The van der Waals surface area contributed by atoms with Crippen LogP contribution in [0.25, 0.3) is 0 Å². The number of hydrogen-bond acceptors (Lipinski definition) is 3. The van der Waals surface area contributed by atoms with Crippen molar-refractivity contribution in [3.05, 3.63) is 29.8 Å². The molecular weight excluding hydrogens is 275 g/mol. The number of benzene rings is 1. The Kier molecular flexibility index (Phi) is 3.69. The molecule has 1 unspecified atom stereocenters. The predicted molar refractivity (Wildman–Crippen MR) is 63.9 cm³/mol. The van der Waals surface area contributed by atoms with Crippen molar-refractivity contribution in [2.75, 3.05) is 18.6 Å². The third-order valence-corrected chi connectivity index (χ3v) is 3.17. The molecule has 1 amide bonds. The third kappa shape index (κ3) is 2.76. The molecule has 108 valence electrons. The van der Waals surface area contributed by atoms with E-state index in [-0.39, 0.29) is 18.9 Å². The minimum Gasteiger partial charge on any atom is -0.469 e. The molecule has 1 aromatic rings. The Morgan fingerprint density at radius 2 is 1.90 bits per heavy atom. The highest BCUT2D eigenvalue weighted by Crippen LogP contribution is 2.32. The molecule has 1 aliphatic heterocycles. The van der Waals surface area contributed by atoms with E-state index in [0.29, 0.717) is 5.69 Å². The lowest BCUT2D eigenvalue weighted by Crippen LogP contribution is -2.26. The summed E-state index contributed by atoms with van der Waals surface area (Å²) in [7, 11) is 1.23. The van der Waals surface area contributed by atoms with E-state index in [4.69, 9.17) is 0 Å². The summed E-state index contributed by atoms with van der Waals surface area (Å²) in [6.45, 7) is 0.122. The summed E-state index contributed by atoms with van der Waals surface area (Å²) in [6.07, 6.45) is -4.41. The van der Waals surface area contributed by atoms with Gasteiger partial charge in [0, 0.05) is 18.7 Å². The van der Waals surface area contributed by atoms with Crippen LogP contribution in [0.3, 0.4) is 0 Å². The number of anilines is 1. The van der Waals surface area contributed by atoms with Gasteiger partial charge < -0.3 is 9.64 Å². The SMILES string of the molecule is COC(=O)C1CC(=O)N(c2ccc(C(F)(F)F)cc2)C1. The summed E-state index contributed by atoms with van der Waals surface area (Å²) in [5, 5.41) is 0. The van der Waals surface area contributed by atoms with Gasteiger partial charge in [0.05, 0.1) is 18.6 Å². The van der Waals surface area contributed by atoms with Crippen molar-refractivity contribution in [3.63, 3.8) is 0 Å². The minimum atomic E-state index is -4.41. The van der Waals surface area contributed by atoms with Crippen molar-refractivity contribution in [3.8, 4) is 0 Å². The average Bonchev–Trinajstić information content (AvgIpc) is 2.79. The number of ether oxygens (including phenoxy) is 1. The zero-order valence-corrected chi connectivity index (χ0v) is 10.6. The number of alkyl halides is 3. The summed E-state index contributed by atoms with van der Waals surface area (Å²) in [6, 6.07) is 4.27. The lowest BCUT2D eigenvalue weighted by atomic mass is 10.1. The molecule has 0 N–H and O–H groups in total. The van der Waals surface area contributed by atoms with Gasteiger partial charge >= 0.3 is 12.1 Å². The topological polar surface area (TPSA) is 46.6 Å². The maximum Gasteiger partial charge on any atom is 0.416 e. The fourth-order valence-corrected chi connectivity index (χ4v) is 2.11. The molecule has 0 spiro atoms. The van der Waals surface area contributed by atoms with Crippen molar-refractivity contribution in [2.45, 2.75) is 12.6 Å². The van der Waals surface area contributed by atoms with Gasteiger partial charge in [0.15, 0.2) is 0 Å². The number of amides is 1. The van der Waals surface area contributed by atoms with Gasteiger partial charge in [-0.2, -0.15) is 13.2 Å². The van der Waals surface area contributed by atoms with E-state index in [9.17, 15) is 22.8 Å². The van der Waals surface area contributed by atoms with E-state index in [0.717, 1.165) is 12.1 Å². The maximum atomic E-state index is 12.4. The number of carbonyl (C=O) groups excluding carboxylic acids is 2. The van der Waals surface area contributed by atoms with Gasteiger partial charge in [0.1, 0.15) is 0 Å². The molecule has 0 radical (unpaired) electrons. The van der Waals surface area contributed by atoms with Crippen LogP contribution in [0.15, 0.2) is 24.3 Å². The average molecular weight is 287 g/mol. The Morgan fingerprint density at radius 3 is 2.40 bits per heavy atom. The van der Waals surface area contributed by atoms with E-state index < -0.39 is 23.6 Å². The highest BCUT2D eigenvalue weighted by molar-refractivity contribution is 5.99. The van der Waals surface area contributed by atoms with Gasteiger partial charge in [-0.05, 0) is 24.3 Å². The molecular formula is C13H12F3NO3. The number of esters is 1.